The predicted molar refractivity (Wildman–Crippen MR) is 68.6 cm³/mol. The number of hydrogen-bond acceptors (Lipinski definition) is 2. The van der Waals surface area contributed by atoms with E-state index in [1.54, 1.807) is 0 Å². The third kappa shape index (κ3) is 1.80. The number of rotatable bonds is 4. The molecule has 1 heterocycles. The number of carbonyl (C=O) groups is 1. The first-order valence-corrected chi connectivity index (χ1v) is 7.27. The van der Waals surface area contributed by atoms with Crippen LogP contribution in [0, 0.1) is 23.2 Å². The van der Waals surface area contributed by atoms with Crippen LogP contribution < -0.4 is 0 Å². The van der Waals surface area contributed by atoms with Crippen LogP contribution in [0.2, 0.25) is 0 Å². The summed E-state index contributed by atoms with van der Waals surface area (Å²) < 4.78 is 5.49. The monoisotopic (exact) mass is 238 g/mol. The van der Waals surface area contributed by atoms with E-state index in [2.05, 4.69) is 27.7 Å². The maximum Gasteiger partial charge on any atom is 0.310 e. The molecule has 2 nitrogen and oxygen atoms in total. The van der Waals surface area contributed by atoms with Crippen LogP contribution in [0.3, 0.4) is 0 Å². The van der Waals surface area contributed by atoms with Gasteiger partial charge in [0, 0.05) is 5.92 Å². The summed E-state index contributed by atoms with van der Waals surface area (Å²) in [6, 6.07) is 0. The summed E-state index contributed by atoms with van der Waals surface area (Å²) >= 11 is 0. The van der Waals surface area contributed by atoms with Crippen LogP contribution in [0.25, 0.3) is 0 Å². The molecular weight excluding hydrogens is 212 g/mol. The van der Waals surface area contributed by atoms with Crippen molar-refractivity contribution in [3.63, 3.8) is 0 Å². The summed E-state index contributed by atoms with van der Waals surface area (Å²) in [6.45, 7) is 8.90. The van der Waals surface area contributed by atoms with Gasteiger partial charge in [0.25, 0.3) is 0 Å². The zero-order valence-corrected chi connectivity index (χ0v) is 11.7. The van der Waals surface area contributed by atoms with Gasteiger partial charge in [0.05, 0.1) is 5.92 Å². The van der Waals surface area contributed by atoms with Gasteiger partial charge >= 0.3 is 5.97 Å². The molecule has 1 saturated carbocycles. The highest BCUT2D eigenvalue weighted by Gasteiger charge is 2.60. The zero-order valence-electron chi connectivity index (χ0n) is 11.7. The molecule has 0 aromatic rings. The summed E-state index contributed by atoms with van der Waals surface area (Å²) in [6.07, 6.45) is 6.04. The van der Waals surface area contributed by atoms with Gasteiger partial charge in [-0.25, -0.2) is 0 Å². The third-order valence-corrected chi connectivity index (χ3v) is 5.24. The first kappa shape index (κ1) is 12.9. The van der Waals surface area contributed by atoms with Gasteiger partial charge < -0.3 is 4.74 Å². The second-order valence-electron chi connectivity index (χ2n) is 6.15. The highest BCUT2D eigenvalue weighted by Crippen LogP contribution is 2.60. The number of hydrogen-bond donors (Lipinski definition) is 0. The minimum absolute atomic E-state index is 0.0914. The Hall–Kier alpha value is -0.530. The van der Waals surface area contributed by atoms with Gasteiger partial charge in [0.2, 0.25) is 0 Å². The molecule has 17 heavy (non-hydrogen) atoms. The summed E-state index contributed by atoms with van der Waals surface area (Å²) in [4.78, 5) is 12.2. The number of esters is 1. The van der Waals surface area contributed by atoms with E-state index in [1.165, 1.54) is 32.1 Å². The van der Waals surface area contributed by atoms with E-state index in [9.17, 15) is 4.79 Å². The van der Waals surface area contributed by atoms with Gasteiger partial charge in [0.1, 0.15) is 6.10 Å². The Kier molecular flexibility index (Phi) is 3.51. The molecule has 0 N–H and O–H groups in total. The molecular formula is C15H26O2. The topological polar surface area (TPSA) is 26.3 Å². The summed E-state index contributed by atoms with van der Waals surface area (Å²) in [7, 11) is 0. The Balaban J connectivity index is 2.32. The lowest BCUT2D eigenvalue weighted by atomic mass is 9.66. The smallest absolute Gasteiger partial charge is 0.310 e. The lowest BCUT2D eigenvalue weighted by Gasteiger charge is -2.37. The van der Waals surface area contributed by atoms with Crippen LogP contribution >= 0.6 is 0 Å². The van der Waals surface area contributed by atoms with Gasteiger partial charge in [-0.3, -0.25) is 4.79 Å². The van der Waals surface area contributed by atoms with Crippen molar-refractivity contribution in [3.05, 3.63) is 0 Å². The molecule has 2 aliphatic rings. The lowest BCUT2D eigenvalue weighted by molar-refractivity contribution is -0.148. The average Bonchev–Trinajstić information content (AvgIpc) is 2.68. The molecule has 0 aromatic heterocycles. The number of ether oxygens (including phenoxy) is 1. The Morgan fingerprint density at radius 3 is 2.35 bits per heavy atom. The van der Waals surface area contributed by atoms with E-state index in [0.29, 0.717) is 11.8 Å². The molecule has 4 unspecified atom stereocenters. The van der Waals surface area contributed by atoms with Crippen LogP contribution in [-0.4, -0.2) is 12.1 Å². The van der Waals surface area contributed by atoms with Crippen molar-refractivity contribution in [1.82, 2.24) is 0 Å². The molecule has 2 rings (SSSR count). The van der Waals surface area contributed by atoms with Crippen molar-refractivity contribution in [2.75, 3.05) is 0 Å². The van der Waals surface area contributed by atoms with Gasteiger partial charge in [-0.15, -0.1) is 0 Å². The first-order chi connectivity index (χ1) is 8.06. The van der Waals surface area contributed by atoms with Crippen LogP contribution in [0.15, 0.2) is 0 Å². The van der Waals surface area contributed by atoms with Crippen LogP contribution in [0.5, 0.6) is 0 Å². The Bertz CT molecular complexity index is 291. The maximum absolute atomic E-state index is 12.2. The summed E-state index contributed by atoms with van der Waals surface area (Å²) in [5.41, 5.74) is 0.232. The van der Waals surface area contributed by atoms with E-state index in [-0.39, 0.29) is 23.4 Å². The van der Waals surface area contributed by atoms with E-state index < -0.39 is 0 Å². The molecule has 98 valence electrons. The fourth-order valence-electron chi connectivity index (χ4n) is 4.59. The number of carbonyl (C=O) groups excluding carboxylic acids is 1. The van der Waals surface area contributed by atoms with Crippen molar-refractivity contribution >= 4 is 5.97 Å². The van der Waals surface area contributed by atoms with E-state index in [0.717, 1.165) is 0 Å². The molecule has 0 bridgehead atoms. The molecule has 4 atom stereocenters. The molecule has 0 amide bonds. The molecule has 0 spiro atoms. The number of cyclic esters (lactones) is 1. The highest BCUT2D eigenvalue weighted by atomic mass is 16.6. The molecule has 1 saturated heterocycles. The molecule has 1 aliphatic heterocycles. The minimum Gasteiger partial charge on any atom is -0.462 e. The normalized spacial score (nSPS) is 39.2. The van der Waals surface area contributed by atoms with Crippen molar-refractivity contribution in [2.24, 2.45) is 23.2 Å². The first-order valence-electron chi connectivity index (χ1n) is 7.27. The molecule has 1 aliphatic carbocycles. The van der Waals surface area contributed by atoms with E-state index in [1.807, 2.05) is 0 Å². The highest BCUT2D eigenvalue weighted by molar-refractivity contribution is 5.77. The Morgan fingerprint density at radius 1 is 1.24 bits per heavy atom. The molecule has 0 aromatic carbocycles. The summed E-state index contributed by atoms with van der Waals surface area (Å²) in [5.74, 6) is 1.43. The summed E-state index contributed by atoms with van der Waals surface area (Å²) in [5, 5.41) is 0. The molecule has 2 heteroatoms. The van der Waals surface area contributed by atoms with E-state index >= 15 is 0 Å². The average molecular weight is 238 g/mol. The quantitative estimate of drug-likeness (QED) is 0.696. The van der Waals surface area contributed by atoms with Crippen LogP contribution in [0.1, 0.15) is 59.8 Å². The van der Waals surface area contributed by atoms with Gasteiger partial charge in [-0.1, -0.05) is 33.6 Å². The predicted octanol–water partition coefficient (Wildman–Crippen LogP) is 3.79. The molecule has 0 radical (unpaired) electrons. The van der Waals surface area contributed by atoms with Crippen LogP contribution in [0.4, 0.5) is 0 Å². The zero-order chi connectivity index (χ0) is 12.6. The fraction of sp³-hybridized carbons (Fsp3) is 0.933. The largest absolute Gasteiger partial charge is 0.462 e. The van der Waals surface area contributed by atoms with Gasteiger partial charge in [0.15, 0.2) is 0 Å². The van der Waals surface area contributed by atoms with Crippen LogP contribution in [-0.2, 0) is 9.53 Å². The van der Waals surface area contributed by atoms with Crippen molar-refractivity contribution in [3.8, 4) is 0 Å². The van der Waals surface area contributed by atoms with Crippen molar-refractivity contribution in [1.29, 1.82) is 0 Å². The molecule has 2 fully saturated rings. The fourth-order valence-corrected chi connectivity index (χ4v) is 4.59. The Labute approximate surface area is 105 Å². The van der Waals surface area contributed by atoms with Gasteiger partial charge in [-0.2, -0.15) is 0 Å². The lowest BCUT2D eigenvalue weighted by Crippen LogP contribution is -2.35. The Morgan fingerprint density at radius 2 is 1.82 bits per heavy atom. The third-order valence-electron chi connectivity index (χ3n) is 5.24. The second-order valence-corrected chi connectivity index (χ2v) is 6.15. The number of fused-ring (bicyclic) bond motifs is 1. The van der Waals surface area contributed by atoms with Gasteiger partial charge in [-0.05, 0) is 37.5 Å². The van der Waals surface area contributed by atoms with Crippen molar-refractivity contribution in [2.45, 2.75) is 65.9 Å². The standard InChI is InChI=1S/C15H26O2/c1-5-7-15(8-6-2)10(3)9-12-11(4)17-14(16)13(12)15/h10-13H,5-9H2,1-4H3. The second kappa shape index (κ2) is 4.62. The SMILES string of the molecule is CCCC1(CCC)C(C)CC2C(C)OC(=O)C21. The minimum atomic E-state index is 0.0914. The maximum atomic E-state index is 12.2. The van der Waals surface area contributed by atoms with E-state index in [4.69, 9.17) is 4.74 Å². The van der Waals surface area contributed by atoms with Crippen molar-refractivity contribution < 1.29 is 9.53 Å².